The summed E-state index contributed by atoms with van der Waals surface area (Å²) in [6, 6.07) is 20.9. The molecule has 3 aromatic carbocycles. The lowest BCUT2D eigenvalue weighted by molar-refractivity contribution is -0.119. The van der Waals surface area contributed by atoms with Gasteiger partial charge in [0.05, 0.1) is 13.5 Å². The van der Waals surface area contributed by atoms with E-state index in [-0.39, 0.29) is 23.3 Å². The number of thiocarbonyl (C=S) groups is 1. The summed E-state index contributed by atoms with van der Waals surface area (Å²) < 4.78 is 5.10. The lowest BCUT2D eigenvalue weighted by Crippen LogP contribution is -2.35. The molecule has 31 heavy (non-hydrogen) atoms. The number of rotatable bonds is 6. The number of hydrogen-bond donors (Lipinski definition) is 3. The number of carbonyl (C=O) groups is 2. The zero-order valence-electron chi connectivity index (χ0n) is 16.6. The average molecular weight is 454 g/mol. The molecule has 0 fully saturated rings. The highest BCUT2D eigenvalue weighted by atomic mass is 35.5. The molecule has 158 valence electrons. The number of halogens is 1. The van der Waals surface area contributed by atoms with E-state index in [4.69, 9.17) is 28.6 Å². The average Bonchev–Trinajstić information content (AvgIpc) is 2.74. The van der Waals surface area contributed by atoms with Crippen LogP contribution in [0.2, 0.25) is 5.02 Å². The molecule has 0 atom stereocenters. The van der Waals surface area contributed by atoms with Gasteiger partial charge in [0.25, 0.3) is 5.91 Å². The van der Waals surface area contributed by atoms with E-state index in [1.54, 1.807) is 67.8 Å². The van der Waals surface area contributed by atoms with Gasteiger partial charge in [-0.3, -0.25) is 9.59 Å². The molecule has 8 heteroatoms. The van der Waals surface area contributed by atoms with Crippen LogP contribution in [0.25, 0.3) is 0 Å². The van der Waals surface area contributed by atoms with E-state index in [2.05, 4.69) is 16.0 Å². The molecule has 3 N–H and O–H groups in total. The van der Waals surface area contributed by atoms with Gasteiger partial charge in [-0.25, -0.2) is 0 Å². The van der Waals surface area contributed by atoms with Crippen molar-refractivity contribution >= 4 is 52.1 Å². The predicted molar refractivity (Wildman–Crippen MR) is 127 cm³/mol. The van der Waals surface area contributed by atoms with Crippen LogP contribution in [0.3, 0.4) is 0 Å². The highest BCUT2D eigenvalue weighted by Crippen LogP contribution is 2.17. The number of methoxy groups -OCH3 is 1. The van der Waals surface area contributed by atoms with Crippen LogP contribution in [0.15, 0.2) is 72.8 Å². The van der Waals surface area contributed by atoms with Crippen molar-refractivity contribution in [1.29, 1.82) is 0 Å². The summed E-state index contributed by atoms with van der Waals surface area (Å²) in [7, 11) is 1.59. The number of hydrogen-bond acceptors (Lipinski definition) is 4. The molecular weight excluding hydrogens is 434 g/mol. The molecule has 2 amide bonds. The first-order chi connectivity index (χ1) is 14.9. The molecule has 0 saturated carbocycles. The molecule has 3 aromatic rings. The fourth-order valence-electron chi connectivity index (χ4n) is 2.77. The molecular formula is C23H20ClN3O3S. The Balaban J connectivity index is 1.56. The summed E-state index contributed by atoms with van der Waals surface area (Å²) in [4.78, 5) is 24.7. The van der Waals surface area contributed by atoms with Gasteiger partial charge in [-0.05, 0) is 66.3 Å². The van der Waals surface area contributed by atoms with Gasteiger partial charge in [0, 0.05) is 22.0 Å². The van der Waals surface area contributed by atoms with Crippen LogP contribution >= 0.6 is 23.8 Å². The molecule has 0 heterocycles. The maximum Gasteiger partial charge on any atom is 0.255 e. The minimum atomic E-state index is -0.291. The topological polar surface area (TPSA) is 79.5 Å². The number of nitrogens with one attached hydrogen (secondary N) is 3. The molecule has 0 aromatic heterocycles. The van der Waals surface area contributed by atoms with Crippen LogP contribution < -0.4 is 20.7 Å². The molecule has 6 nitrogen and oxygen atoms in total. The van der Waals surface area contributed by atoms with Crippen molar-refractivity contribution in [3.63, 3.8) is 0 Å². The van der Waals surface area contributed by atoms with Crippen LogP contribution in [0.1, 0.15) is 15.9 Å². The summed E-state index contributed by atoms with van der Waals surface area (Å²) in [6.45, 7) is 0. The van der Waals surface area contributed by atoms with Gasteiger partial charge in [0.2, 0.25) is 5.91 Å². The van der Waals surface area contributed by atoms with E-state index in [0.29, 0.717) is 22.0 Å². The minimum Gasteiger partial charge on any atom is -0.497 e. The lowest BCUT2D eigenvalue weighted by Gasteiger charge is -2.11. The SMILES string of the molecule is COc1ccc(CC(=O)NC(=S)Nc2cccc(C(=O)Nc3cccc(Cl)c3)c2)cc1. The van der Waals surface area contributed by atoms with Crippen LogP contribution in [0.5, 0.6) is 5.75 Å². The maximum atomic E-state index is 12.5. The van der Waals surface area contributed by atoms with Gasteiger partial charge in [0.1, 0.15) is 5.75 Å². The van der Waals surface area contributed by atoms with E-state index >= 15 is 0 Å². The van der Waals surface area contributed by atoms with E-state index in [0.717, 1.165) is 11.3 Å². The molecule has 0 spiro atoms. The molecule has 0 aliphatic carbocycles. The highest BCUT2D eigenvalue weighted by molar-refractivity contribution is 7.80. The van der Waals surface area contributed by atoms with E-state index in [1.165, 1.54) is 0 Å². The molecule has 0 radical (unpaired) electrons. The van der Waals surface area contributed by atoms with E-state index in [1.807, 2.05) is 12.1 Å². The standard InChI is InChI=1S/C23H20ClN3O3S/c1-30-20-10-8-15(9-11-20)12-21(28)27-23(31)26-18-6-2-4-16(13-18)22(29)25-19-7-3-5-17(24)14-19/h2-11,13-14H,12H2,1H3,(H,25,29)(H2,26,27,28,31). The predicted octanol–water partition coefficient (Wildman–Crippen LogP) is 4.66. The second-order valence-electron chi connectivity index (χ2n) is 6.57. The first-order valence-corrected chi connectivity index (χ1v) is 10.1. The summed E-state index contributed by atoms with van der Waals surface area (Å²) in [5.41, 5.74) is 2.43. The zero-order valence-corrected chi connectivity index (χ0v) is 18.2. The van der Waals surface area contributed by atoms with Gasteiger partial charge in [-0.2, -0.15) is 0 Å². The Bertz CT molecular complexity index is 1100. The summed E-state index contributed by atoms with van der Waals surface area (Å²) in [5, 5.41) is 9.02. The van der Waals surface area contributed by atoms with Gasteiger partial charge < -0.3 is 20.7 Å². The Hall–Kier alpha value is -3.42. The van der Waals surface area contributed by atoms with Crippen molar-refractivity contribution in [2.24, 2.45) is 0 Å². The number of carbonyl (C=O) groups excluding carboxylic acids is 2. The molecule has 0 saturated heterocycles. The Kier molecular flexibility index (Phi) is 7.59. The summed E-state index contributed by atoms with van der Waals surface area (Å²) in [5.74, 6) is 0.179. The quantitative estimate of drug-likeness (QED) is 0.473. The Morgan fingerprint density at radius 1 is 0.935 bits per heavy atom. The van der Waals surface area contributed by atoms with Gasteiger partial charge in [-0.15, -0.1) is 0 Å². The number of benzene rings is 3. The van der Waals surface area contributed by atoms with Crippen molar-refractivity contribution in [3.8, 4) is 5.75 Å². The molecule has 0 bridgehead atoms. The van der Waals surface area contributed by atoms with Crippen LogP contribution in [0.4, 0.5) is 11.4 Å². The Labute approximate surface area is 190 Å². The summed E-state index contributed by atoms with van der Waals surface area (Å²) in [6.07, 6.45) is 0.174. The third-order valence-electron chi connectivity index (χ3n) is 4.24. The van der Waals surface area contributed by atoms with Gasteiger partial charge in [0.15, 0.2) is 5.11 Å². The van der Waals surface area contributed by atoms with Crippen molar-refractivity contribution in [3.05, 3.63) is 88.9 Å². The van der Waals surface area contributed by atoms with Gasteiger partial charge in [-0.1, -0.05) is 35.9 Å². The third kappa shape index (κ3) is 6.80. The van der Waals surface area contributed by atoms with Crippen LogP contribution in [-0.4, -0.2) is 24.0 Å². The smallest absolute Gasteiger partial charge is 0.255 e. The van der Waals surface area contributed by atoms with Gasteiger partial charge >= 0.3 is 0 Å². The van der Waals surface area contributed by atoms with E-state index < -0.39 is 0 Å². The summed E-state index contributed by atoms with van der Waals surface area (Å²) >= 11 is 11.2. The maximum absolute atomic E-state index is 12.5. The van der Waals surface area contributed by atoms with Crippen molar-refractivity contribution in [2.75, 3.05) is 17.7 Å². The molecule has 0 aliphatic heterocycles. The first-order valence-electron chi connectivity index (χ1n) is 9.33. The van der Waals surface area contributed by atoms with Crippen LogP contribution in [0, 0.1) is 0 Å². The fourth-order valence-corrected chi connectivity index (χ4v) is 3.19. The van der Waals surface area contributed by atoms with Crippen molar-refractivity contribution < 1.29 is 14.3 Å². The molecule has 0 aliphatic rings. The largest absolute Gasteiger partial charge is 0.497 e. The first kappa shape index (κ1) is 22.3. The Morgan fingerprint density at radius 3 is 2.29 bits per heavy atom. The second kappa shape index (κ2) is 10.6. The third-order valence-corrected chi connectivity index (χ3v) is 4.68. The normalized spacial score (nSPS) is 10.1. The second-order valence-corrected chi connectivity index (χ2v) is 7.42. The zero-order chi connectivity index (χ0) is 22.2. The number of amides is 2. The van der Waals surface area contributed by atoms with Crippen molar-refractivity contribution in [1.82, 2.24) is 5.32 Å². The monoisotopic (exact) mass is 453 g/mol. The number of ether oxygens (including phenoxy) is 1. The fraction of sp³-hybridized carbons (Fsp3) is 0.0870. The number of anilines is 2. The lowest BCUT2D eigenvalue weighted by atomic mass is 10.1. The van der Waals surface area contributed by atoms with E-state index in [9.17, 15) is 9.59 Å². The highest BCUT2D eigenvalue weighted by Gasteiger charge is 2.10. The minimum absolute atomic E-state index is 0.144. The Morgan fingerprint density at radius 2 is 1.61 bits per heavy atom. The molecule has 0 unspecified atom stereocenters. The van der Waals surface area contributed by atoms with Crippen LogP contribution in [-0.2, 0) is 11.2 Å². The van der Waals surface area contributed by atoms with Crippen molar-refractivity contribution in [2.45, 2.75) is 6.42 Å². The molecule has 3 rings (SSSR count).